The van der Waals surface area contributed by atoms with Gasteiger partial charge in [0.2, 0.25) is 0 Å². The van der Waals surface area contributed by atoms with Crippen LogP contribution in [-0.4, -0.2) is 44.5 Å². The Morgan fingerprint density at radius 2 is 2.23 bits per heavy atom. The van der Waals surface area contributed by atoms with Gasteiger partial charge in [-0.3, -0.25) is 4.99 Å². The van der Waals surface area contributed by atoms with E-state index in [1.807, 2.05) is 0 Å². The highest BCUT2D eigenvalue weighted by Gasteiger charge is 2.03. The molecule has 1 heterocycles. The van der Waals surface area contributed by atoms with Gasteiger partial charge in [0, 0.05) is 19.5 Å². The van der Waals surface area contributed by atoms with E-state index in [0.29, 0.717) is 0 Å². The van der Waals surface area contributed by atoms with Crippen molar-refractivity contribution in [2.75, 3.05) is 33.7 Å². The highest BCUT2D eigenvalue weighted by molar-refractivity contribution is 5.82. The van der Waals surface area contributed by atoms with Crippen LogP contribution in [-0.2, 0) is 0 Å². The molecule has 0 spiro atoms. The lowest BCUT2D eigenvalue weighted by atomic mass is 10.2. The molecular formula is C10H21N3. The number of aliphatic imine (C=N–C) groups is 1. The summed E-state index contributed by atoms with van der Waals surface area (Å²) < 4.78 is 0. The number of hydrogen-bond donors (Lipinski definition) is 1. The molecule has 0 aromatic heterocycles. The fraction of sp³-hybridized carbons (Fsp3) is 0.900. The first kappa shape index (κ1) is 10.5. The third-order valence-corrected chi connectivity index (χ3v) is 2.24. The average molecular weight is 183 g/mol. The quantitative estimate of drug-likeness (QED) is 0.661. The van der Waals surface area contributed by atoms with Gasteiger partial charge in [0.05, 0.1) is 5.84 Å². The summed E-state index contributed by atoms with van der Waals surface area (Å²) in [7, 11) is 4.22. The van der Waals surface area contributed by atoms with Crippen LogP contribution in [0.3, 0.4) is 0 Å². The van der Waals surface area contributed by atoms with E-state index in [0.717, 1.165) is 26.1 Å². The molecule has 0 atom stereocenters. The molecule has 3 nitrogen and oxygen atoms in total. The van der Waals surface area contributed by atoms with Crippen LogP contribution < -0.4 is 5.32 Å². The lowest BCUT2D eigenvalue weighted by molar-refractivity contribution is 0.399. The van der Waals surface area contributed by atoms with Crippen LogP contribution in [0.1, 0.15) is 25.7 Å². The van der Waals surface area contributed by atoms with Crippen LogP contribution >= 0.6 is 0 Å². The predicted octanol–water partition coefficient (Wildman–Crippen LogP) is 1.11. The number of nitrogens with zero attached hydrogens (tertiary/aromatic N) is 2. The molecule has 0 fully saturated rings. The van der Waals surface area contributed by atoms with Crippen molar-refractivity contribution in [1.82, 2.24) is 10.2 Å². The van der Waals surface area contributed by atoms with Gasteiger partial charge in [-0.1, -0.05) is 0 Å². The maximum atomic E-state index is 4.44. The molecule has 0 saturated carbocycles. The van der Waals surface area contributed by atoms with E-state index < -0.39 is 0 Å². The van der Waals surface area contributed by atoms with Crippen LogP contribution in [0.5, 0.6) is 0 Å². The van der Waals surface area contributed by atoms with Crippen molar-refractivity contribution in [1.29, 1.82) is 0 Å². The SMILES string of the molecule is CN(C)CCCNC1=NCCCC1. The molecule has 0 aromatic carbocycles. The van der Waals surface area contributed by atoms with Gasteiger partial charge in [0.15, 0.2) is 0 Å². The molecule has 0 aromatic rings. The van der Waals surface area contributed by atoms with E-state index in [1.165, 1.54) is 25.1 Å². The fourth-order valence-electron chi connectivity index (χ4n) is 1.47. The molecule has 3 heteroatoms. The molecule has 0 radical (unpaired) electrons. The molecule has 0 saturated heterocycles. The third kappa shape index (κ3) is 4.88. The Bertz CT molecular complexity index is 164. The van der Waals surface area contributed by atoms with E-state index >= 15 is 0 Å². The van der Waals surface area contributed by atoms with Gasteiger partial charge in [-0.2, -0.15) is 0 Å². The summed E-state index contributed by atoms with van der Waals surface area (Å²) in [5.74, 6) is 1.23. The molecule has 76 valence electrons. The second-order valence-electron chi connectivity index (χ2n) is 3.87. The maximum Gasteiger partial charge on any atom is 0.0963 e. The second-order valence-corrected chi connectivity index (χ2v) is 3.87. The summed E-state index contributed by atoms with van der Waals surface area (Å²) in [6.45, 7) is 3.24. The largest absolute Gasteiger partial charge is 0.374 e. The molecule has 13 heavy (non-hydrogen) atoms. The van der Waals surface area contributed by atoms with Gasteiger partial charge in [-0.15, -0.1) is 0 Å². The summed E-state index contributed by atoms with van der Waals surface area (Å²) in [4.78, 5) is 6.65. The summed E-state index contributed by atoms with van der Waals surface area (Å²) in [5.41, 5.74) is 0. The summed E-state index contributed by atoms with van der Waals surface area (Å²) in [6.07, 6.45) is 4.93. The highest BCUT2D eigenvalue weighted by Crippen LogP contribution is 2.03. The smallest absolute Gasteiger partial charge is 0.0963 e. The zero-order valence-corrected chi connectivity index (χ0v) is 8.84. The minimum Gasteiger partial charge on any atom is -0.374 e. The van der Waals surface area contributed by atoms with E-state index in [1.54, 1.807) is 0 Å². The van der Waals surface area contributed by atoms with Crippen LogP contribution in [0, 0.1) is 0 Å². The van der Waals surface area contributed by atoms with Gasteiger partial charge < -0.3 is 10.2 Å². The maximum absolute atomic E-state index is 4.44. The zero-order chi connectivity index (χ0) is 9.52. The Morgan fingerprint density at radius 1 is 1.38 bits per heavy atom. The molecule has 0 aliphatic carbocycles. The minimum atomic E-state index is 1.02. The average Bonchev–Trinajstić information content (AvgIpc) is 2.14. The first-order valence-electron chi connectivity index (χ1n) is 5.21. The lowest BCUT2D eigenvalue weighted by Gasteiger charge is -2.14. The van der Waals surface area contributed by atoms with E-state index in [2.05, 4.69) is 29.3 Å². The van der Waals surface area contributed by atoms with Crippen LogP contribution in [0.2, 0.25) is 0 Å². The topological polar surface area (TPSA) is 27.6 Å². The van der Waals surface area contributed by atoms with Crippen LogP contribution in [0.25, 0.3) is 0 Å². The van der Waals surface area contributed by atoms with Gasteiger partial charge in [0.1, 0.15) is 0 Å². The Hall–Kier alpha value is -0.570. The van der Waals surface area contributed by atoms with Gasteiger partial charge in [-0.25, -0.2) is 0 Å². The van der Waals surface area contributed by atoms with Gasteiger partial charge >= 0.3 is 0 Å². The van der Waals surface area contributed by atoms with Crippen molar-refractivity contribution >= 4 is 5.84 Å². The van der Waals surface area contributed by atoms with Gasteiger partial charge in [-0.05, 0) is 39.9 Å². The van der Waals surface area contributed by atoms with Crippen molar-refractivity contribution < 1.29 is 0 Å². The van der Waals surface area contributed by atoms with E-state index in [9.17, 15) is 0 Å². The molecular weight excluding hydrogens is 162 g/mol. The summed E-state index contributed by atoms with van der Waals surface area (Å²) >= 11 is 0. The molecule has 0 unspecified atom stereocenters. The van der Waals surface area contributed by atoms with Crippen molar-refractivity contribution in [2.24, 2.45) is 4.99 Å². The number of nitrogens with one attached hydrogen (secondary N) is 1. The minimum absolute atomic E-state index is 1.02. The van der Waals surface area contributed by atoms with Crippen molar-refractivity contribution in [3.63, 3.8) is 0 Å². The summed E-state index contributed by atoms with van der Waals surface area (Å²) in [5, 5.41) is 3.40. The van der Waals surface area contributed by atoms with Crippen molar-refractivity contribution in [3.05, 3.63) is 0 Å². The molecule has 1 rings (SSSR count). The van der Waals surface area contributed by atoms with Crippen molar-refractivity contribution in [2.45, 2.75) is 25.7 Å². The molecule has 0 amide bonds. The highest BCUT2D eigenvalue weighted by atomic mass is 15.1. The Labute approximate surface area is 81.2 Å². The zero-order valence-electron chi connectivity index (χ0n) is 8.84. The number of amidine groups is 1. The monoisotopic (exact) mass is 183 g/mol. The standard InChI is InChI=1S/C10H21N3/c1-13(2)9-5-8-12-10-6-3-4-7-11-10/h3-9H2,1-2H3,(H,11,12). The van der Waals surface area contributed by atoms with E-state index in [-0.39, 0.29) is 0 Å². The Kier molecular flexibility index (Phi) is 4.83. The van der Waals surface area contributed by atoms with Gasteiger partial charge in [0.25, 0.3) is 0 Å². The van der Waals surface area contributed by atoms with Crippen LogP contribution in [0.4, 0.5) is 0 Å². The first-order chi connectivity index (χ1) is 6.29. The second kappa shape index (κ2) is 5.97. The Morgan fingerprint density at radius 3 is 2.85 bits per heavy atom. The molecule has 1 N–H and O–H groups in total. The van der Waals surface area contributed by atoms with Crippen LogP contribution in [0.15, 0.2) is 4.99 Å². The molecule has 1 aliphatic heterocycles. The molecule has 0 bridgehead atoms. The summed E-state index contributed by atoms with van der Waals surface area (Å²) in [6, 6.07) is 0. The van der Waals surface area contributed by atoms with E-state index in [4.69, 9.17) is 0 Å². The number of rotatable bonds is 4. The third-order valence-electron chi connectivity index (χ3n) is 2.24. The lowest BCUT2D eigenvalue weighted by Crippen LogP contribution is -2.28. The first-order valence-corrected chi connectivity index (χ1v) is 5.21. The number of hydrogen-bond acceptors (Lipinski definition) is 3. The Balaban J connectivity index is 2.01. The fourth-order valence-corrected chi connectivity index (χ4v) is 1.47. The predicted molar refractivity (Wildman–Crippen MR) is 57.3 cm³/mol. The van der Waals surface area contributed by atoms with Crippen molar-refractivity contribution in [3.8, 4) is 0 Å². The molecule has 1 aliphatic rings. The normalized spacial score (nSPS) is 17.3.